The van der Waals surface area contributed by atoms with Crippen LogP contribution in [0.3, 0.4) is 0 Å². The molecule has 0 unspecified atom stereocenters. The van der Waals surface area contributed by atoms with Gasteiger partial charge in [-0.25, -0.2) is 4.79 Å². The third-order valence-electron chi connectivity index (χ3n) is 5.98. The van der Waals surface area contributed by atoms with Crippen LogP contribution in [0.25, 0.3) is 0 Å². The molecule has 0 radical (unpaired) electrons. The molecule has 5 heterocycles. The Morgan fingerprint density at radius 3 is 2.47 bits per heavy atom. The molecule has 13 nitrogen and oxygen atoms in total. The molecule has 186 valence electrons. The summed E-state index contributed by atoms with van der Waals surface area (Å²) in [6.45, 7) is 9.43. The number of ether oxygens (including phenoxy) is 6. The quantitative estimate of drug-likeness (QED) is 0.576. The van der Waals surface area contributed by atoms with Gasteiger partial charge in [0.05, 0.1) is 19.8 Å². The average Bonchev–Trinajstić information content (AvgIpc) is 3.40. The molecule has 5 atom stereocenters. The van der Waals surface area contributed by atoms with Gasteiger partial charge < -0.3 is 28.4 Å². The minimum atomic E-state index is -0.792. The molecule has 3 fully saturated rings. The minimum Gasteiger partial charge on any atom is -0.372 e. The Morgan fingerprint density at radius 1 is 1.00 bits per heavy atom. The second-order valence-electron chi connectivity index (χ2n) is 9.64. The molecule has 0 amide bonds. The van der Waals surface area contributed by atoms with Crippen LogP contribution in [0.2, 0.25) is 0 Å². The predicted molar refractivity (Wildman–Crippen MR) is 114 cm³/mol. The van der Waals surface area contributed by atoms with Crippen molar-refractivity contribution in [1.29, 1.82) is 0 Å². The molecule has 34 heavy (non-hydrogen) atoms. The third-order valence-corrected chi connectivity index (χ3v) is 5.98. The zero-order chi connectivity index (χ0) is 24.3. The Bertz CT molecular complexity index is 1170. The van der Waals surface area contributed by atoms with Gasteiger partial charge in [-0.3, -0.25) is 14.3 Å². The first kappa shape index (κ1) is 23.3. The molecule has 2 aromatic rings. The molecule has 0 spiro atoms. The molecule has 0 bridgehead atoms. The molecule has 0 aliphatic carbocycles. The maximum atomic E-state index is 12.1. The zero-order valence-electron chi connectivity index (χ0n) is 19.7. The molecule has 13 heteroatoms. The number of rotatable bonds is 6. The number of nitrogens with one attached hydrogen (secondary N) is 2. The van der Waals surface area contributed by atoms with E-state index >= 15 is 0 Å². The van der Waals surface area contributed by atoms with Crippen molar-refractivity contribution < 1.29 is 28.4 Å². The van der Waals surface area contributed by atoms with Crippen LogP contribution in [-0.2, 0) is 41.6 Å². The zero-order valence-corrected chi connectivity index (χ0v) is 19.7. The number of aromatic nitrogens is 5. The highest BCUT2D eigenvalue weighted by atomic mass is 16.9. The summed E-state index contributed by atoms with van der Waals surface area (Å²) in [6.07, 6.45) is -0.725. The molecular weight excluding hydrogens is 450 g/mol. The van der Waals surface area contributed by atoms with Crippen LogP contribution in [0.5, 0.6) is 0 Å². The van der Waals surface area contributed by atoms with Gasteiger partial charge in [0.1, 0.15) is 35.8 Å². The highest BCUT2D eigenvalue weighted by Crippen LogP contribution is 2.44. The summed E-state index contributed by atoms with van der Waals surface area (Å²) in [6, 6.07) is 0. The van der Waals surface area contributed by atoms with Gasteiger partial charge in [-0.2, -0.15) is 15.4 Å². The van der Waals surface area contributed by atoms with Crippen LogP contribution in [-0.4, -0.2) is 73.8 Å². The number of nitrogens with zero attached hydrogens (tertiary/aromatic N) is 3. The fourth-order valence-corrected chi connectivity index (χ4v) is 4.51. The Morgan fingerprint density at radius 2 is 1.68 bits per heavy atom. The molecular formula is C21H29N5O8. The van der Waals surface area contributed by atoms with Gasteiger partial charge in [0.2, 0.25) is 0 Å². The Hall–Kier alpha value is -2.42. The molecule has 3 aliphatic heterocycles. The Kier molecular flexibility index (Phi) is 5.73. The normalized spacial score (nSPS) is 31.4. The summed E-state index contributed by atoms with van der Waals surface area (Å²) in [5.74, 6) is -1.58. The second kappa shape index (κ2) is 8.36. The highest BCUT2D eigenvalue weighted by Gasteiger charge is 2.60. The number of H-pyrrole nitrogens is 2. The summed E-state index contributed by atoms with van der Waals surface area (Å²) in [5, 5.41) is 10.8. The largest absolute Gasteiger partial charge is 0.372 e. The first-order valence-corrected chi connectivity index (χ1v) is 11.1. The van der Waals surface area contributed by atoms with Gasteiger partial charge in [0, 0.05) is 11.8 Å². The molecule has 3 aliphatic rings. The van der Waals surface area contributed by atoms with E-state index in [4.69, 9.17) is 28.4 Å². The van der Waals surface area contributed by atoms with E-state index in [2.05, 4.69) is 20.4 Å². The second-order valence-corrected chi connectivity index (χ2v) is 9.64. The van der Waals surface area contributed by atoms with E-state index in [0.717, 1.165) is 0 Å². The Labute approximate surface area is 194 Å². The lowest BCUT2D eigenvalue weighted by molar-refractivity contribution is -0.243. The van der Waals surface area contributed by atoms with Crippen molar-refractivity contribution in [3.05, 3.63) is 44.0 Å². The molecule has 0 aromatic carbocycles. The molecule has 0 saturated carbocycles. The SMILES string of the molecule is Cc1cn(Cc2n[nH]nc2COC[C@H]2O[C@@H]3OC(C)(C)O[C@@H]3[C@H]3OC(C)(C)O[C@H]32)c(=O)[nH]c1=O. The Balaban J connectivity index is 1.25. The number of hydrogen-bond acceptors (Lipinski definition) is 10. The summed E-state index contributed by atoms with van der Waals surface area (Å²) in [7, 11) is 0. The van der Waals surface area contributed by atoms with Crippen molar-refractivity contribution in [2.24, 2.45) is 0 Å². The van der Waals surface area contributed by atoms with Gasteiger partial charge in [-0.05, 0) is 34.6 Å². The van der Waals surface area contributed by atoms with Gasteiger partial charge in [0.25, 0.3) is 5.56 Å². The van der Waals surface area contributed by atoms with Crippen molar-refractivity contribution in [3.63, 3.8) is 0 Å². The molecule has 5 rings (SSSR count). The van der Waals surface area contributed by atoms with E-state index in [1.165, 1.54) is 10.8 Å². The lowest BCUT2D eigenvalue weighted by atomic mass is 9.99. The van der Waals surface area contributed by atoms with E-state index in [9.17, 15) is 9.59 Å². The number of hydrogen-bond donors (Lipinski definition) is 2. The lowest BCUT2D eigenvalue weighted by Crippen LogP contribution is -2.56. The fourth-order valence-electron chi connectivity index (χ4n) is 4.51. The van der Waals surface area contributed by atoms with Crippen LogP contribution in [0.15, 0.2) is 15.8 Å². The monoisotopic (exact) mass is 479 g/mol. The molecule has 2 N–H and O–H groups in total. The third kappa shape index (κ3) is 4.46. The number of fused-ring (bicyclic) bond motifs is 3. The maximum Gasteiger partial charge on any atom is 0.328 e. The lowest BCUT2D eigenvalue weighted by Gasteiger charge is -2.37. The first-order chi connectivity index (χ1) is 16.0. The van der Waals surface area contributed by atoms with E-state index in [1.54, 1.807) is 6.92 Å². The highest BCUT2D eigenvalue weighted by molar-refractivity contribution is 5.10. The number of aromatic amines is 2. The van der Waals surface area contributed by atoms with Crippen molar-refractivity contribution in [2.45, 2.75) is 90.1 Å². The topological polar surface area (TPSA) is 152 Å². The van der Waals surface area contributed by atoms with Crippen LogP contribution in [0.4, 0.5) is 0 Å². The number of aryl methyl sites for hydroxylation is 1. The van der Waals surface area contributed by atoms with E-state index < -0.39 is 47.4 Å². The van der Waals surface area contributed by atoms with Gasteiger partial charge in [-0.15, -0.1) is 0 Å². The van der Waals surface area contributed by atoms with Gasteiger partial charge >= 0.3 is 5.69 Å². The van der Waals surface area contributed by atoms with Crippen molar-refractivity contribution in [1.82, 2.24) is 25.0 Å². The van der Waals surface area contributed by atoms with E-state index in [-0.39, 0.29) is 25.9 Å². The van der Waals surface area contributed by atoms with Crippen LogP contribution in [0.1, 0.15) is 44.6 Å². The van der Waals surface area contributed by atoms with Gasteiger partial charge in [-0.1, -0.05) is 0 Å². The first-order valence-electron chi connectivity index (χ1n) is 11.1. The predicted octanol–water partition coefficient (Wildman–Crippen LogP) is -0.0755. The van der Waals surface area contributed by atoms with Crippen LogP contribution >= 0.6 is 0 Å². The van der Waals surface area contributed by atoms with Gasteiger partial charge in [0.15, 0.2) is 17.9 Å². The van der Waals surface area contributed by atoms with Crippen molar-refractivity contribution >= 4 is 0 Å². The van der Waals surface area contributed by atoms with Crippen molar-refractivity contribution in [3.8, 4) is 0 Å². The van der Waals surface area contributed by atoms with Crippen LogP contribution < -0.4 is 11.2 Å². The summed E-state index contributed by atoms with van der Waals surface area (Å²) in [4.78, 5) is 26.0. The molecule has 2 aromatic heterocycles. The average molecular weight is 479 g/mol. The van der Waals surface area contributed by atoms with E-state index in [0.29, 0.717) is 17.0 Å². The fraction of sp³-hybridized carbons (Fsp3) is 0.714. The smallest absolute Gasteiger partial charge is 0.328 e. The summed E-state index contributed by atoms with van der Waals surface area (Å²) < 4.78 is 37.5. The van der Waals surface area contributed by atoms with Crippen molar-refractivity contribution in [2.75, 3.05) is 6.61 Å². The van der Waals surface area contributed by atoms with E-state index in [1.807, 2.05) is 27.7 Å². The van der Waals surface area contributed by atoms with Crippen LogP contribution in [0, 0.1) is 6.92 Å². The molecule has 3 saturated heterocycles. The maximum absolute atomic E-state index is 12.1. The standard InChI is InChI=1S/C21H29N5O8/c1-10-6-26(19(28)22-17(10)27)7-11-12(24-25-23-11)8-29-9-13-14-15(32-20(2,3)31-14)16-18(30-13)34-21(4,5)33-16/h6,13-16,18H,7-9H2,1-5H3,(H,22,27,28)(H,23,24,25)/t13-,14+,15+,16-,18-/m1/s1. The summed E-state index contributed by atoms with van der Waals surface area (Å²) >= 11 is 0. The minimum absolute atomic E-state index is 0.126. The summed E-state index contributed by atoms with van der Waals surface area (Å²) in [5.41, 5.74) is 0.535.